The van der Waals surface area contributed by atoms with Crippen LogP contribution in [0.1, 0.15) is 17.3 Å². The lowest BCUT2D eigenvalue weighted by atomic mass is 10.2. The Labute approximate surface area is 180 Å². The normalized spacial score (nSPS) is 10.6. The molecule has 0 unspecified atom stereocenters. The summed E-state index contributed by atoms with van der Waals surface area (Å²) < 4.78 is 7.08. The number of carbonyl (C=O) groups is 2. The van der Waals surface area contributed by atoms with Gasteiger partial charge in [-0.2, -0.15) is 0 Å². The molecule has 0 atom stereocenters. The number of carbonyl (C=O) groups excluding carboxylic acids is 2. The standard InChI is InChI=1S/C18H18ClN5O3S2/c1-3-24-16(14-5-4-8-28-14)21-23-18(24)29-10-15(25)20-22-17(26)12-9-11(19)6-7-13(12)27-2/h4-9H,3,10H2,1-2H3,(H,20,25)(H,22,26). The van der Waals surface area contributed by atoms with E-state index in [0.717, 1.165) is 10.7 Å². The lowest BCUT2D eigenvalue weighted by molar-refractivity contribution is -0.119. The third kappa shape index (κ3) is 5.08. The molecule has 11 heteroatoms. The van der Waals surface area contributed by atoms with Crippen LogP contribution in [-0.4, -0.2) is 39.4 Å². The van der Waals surface area contributed by atoms with Gasteiger partial charge in [-0.15, -0.1) is 21.5 Å². The quantitative estimate of drug-likeness (QED) is 0.422. The molecule has 3 rings (SSSR count). The van der Waals surface area contributed by atoms with E-state index < -0.39 is 5.91 Å². The van der Waals surface area contributed by atoms with Crippen LogP contribution in [0.3, 0.4) is 0 Å². The smallest absolute Gasteiger partial charge is 0.273 e. The van der Waals surface area contributed by atoms with Gasteiger partial charge in [0.2, 0.25) is 5.91 Å². The van der Waals surface area contributed by atoms with Crippen molar-refractivity contribution in [1.29, 1.82) is 0 Å². The molecular formula is C18H18ClN5O3S2. The van der Waals surface area contributed by atoms with Crippen molar-refractivity contribution in [3.05, 3.63) is 46.3 Å². The predicted molar refractivity (Wildman–Crippen MR) is 113 cm³/mol. The first-order valence-electron chi connectivity index (χ1n) is 8.56. The summed E-state index contributed by atoms with van der Waals surface area (Å²) in [7, 11) is 1.45. The lowest BCUT2D eigenvalue weighted by Crippen LogP contribution is -2.42. The zero-order valence-corrected chi connectivity index (χ0v) is 18.0. The van der Waals surface area contributed by atoms with E-state index >= 15 is 0 Å². The first kappa shape index (κ1) is 21.2. The van der Waals surface area contributed by atoms with Crippen LogP contribution >= 0.6 is 34.7 Å². The maximum atomic E-state index is 12.3. The summed E-state index contributed by atoms with van der Waals surface area (Å²) in [4.78, 5) is 25.5. The second-order valence-electron chi connectivity index (χ2n) is 5.66. The highest BCUT2D eigenvalue weighted by molar-refractivity contribution is 7.99. The van der Waals surface area contributed by atoms with Gasteiger partial charge >= 0.3 is 0 Å². The molecule has 0 aliphatic rings. The maximum absolute atomic E-state index is 12.3. The molecule has 0 saturated carbocycles. The van der Waals surface area contributed by atoms with Gasteiger partial charge in [0, 0.05) is 11.6 Å². The number of thiophene rings is 1. The van der Waals surface area contributed by atoms with E-state index in [0.29, 0.717) is 22.5 Å². The van der Waals surface area contributed by atoms with Crippen molar-refractivity contribution < 1.29 is 14.3 Å². The van der Waals surface area contributed by atoms with Crippen molar-refractivity contribution in [2.75, 3.05) is 12.9 Å². The SMILES string of the molecule is CCn1c(SCC(=O)NNC(=O)c2cc(Cl)ccc2OC)nnc1-c1cccs1. The first-order chi connectivity index (χ1) is 14.0. The van der Waals surface area contributed by atoms with Gasteiger partial charge < -0.3 is 9.30 Å². The van der Waals surface area contributed by atoms with E-state index in [2.05, 4.69) is 21.0 Å². The first-order valence-corrected chi connectivity index (χ1v) is 10.8. The molecule has 0 radical (unpaired) electrons. The predicted octanol–water partition coefficient (Wildman–Crippen LogP) is 3.24. The number of ether oxygens (including phenoxy) is 1. The van der Waals surface area contributed by atoms with Gasteiger partial charge in [-0.1, -0.05) is 29.4 Å². The highest BCUT2D eigenvalue weighted by Crippen LogP contribution is 2.27. The van der Waals surface area contributed by atoms with Gasteiger partial charge in [0.25, 0.3) is 5.91 Å². The summed E-state index contributed by atoms with van der Waals surface area (Å²) in [5.41, 5.74) is 4.96. The molecule has 2 N–H and O–H groups in total. The summed E-state index contributed by atoms with van der Waals surface area (Å²) in [5, 5.41) is 11.4. The fraction of sp³-hybridized carbons (Fsp3) is 0.222. The van der Waals surface area contributed by atoms with Crippen molar-refractivity contribution in [3.63, 3.8) is 0 Å². The summed E-state index contributed by atoms with van der Waals surface area (Å²) >= 11 is 8.74. The number of rotatable bonds is 7. The lowest BCUT2D eigenvalue weighted by Gasteiger charge is -2.11. The van der Waals surface area contributed by atoms with Gasteiger partial charge in [0.15, 0.2) is 11.0 Å². The molecule has 0 spiro atoms. The van der Waals surface area contributed by atoms with Crippen LogP contribution < -0.4 is 15.6 Å². The minimum Gasteiger partial charge on any atom is -0.496 e. The molecule has 0 aliphatic heterocycles. The minimum absolute atomic E-state index is 0.0650. The number of hydrazine groups is 1. The van der Waals surface area contributed by atoms with Gasteiger partial charge in [-0.25, -0.2) is 0 Å². The molecule has 2 aromatic heterocycles. The number of aromatic nitrogens is 3. The Morgan fingerprint density at radius 2 is 2.10 bits per heavy atom. The topological polar surface area (TPSA) is 98.1 Å². The molecule has 152 valence electrons. The number of methoxy groups -OCH3 is 1. The van der Waals surface area contributed by atoms with Crippen LogP contribution in [0.15, 0.2) is 40.9 Å². The summed E-state index contributed by atoms with van der Waals surface area (Å²) in [6, 6.07) is 8.58. The molecule has 8 nitrogen and oxygen atoms in total. The fourth-order valence-corrected chi connectivity index (χ4v) is 4.18. The van der Waals surface area contributed by atoms with Crippen LogP contribution in [-0.2, 0) is 11.3 Å². The summed E-state index contributed by atoms with van der Waals surface area (Å²) in [6.07, 6.45) is 0. The molecule has 0 saturated heterocycles. The number of thioether (sulfide) groups is 1. The highest BCUT2D eigenvalue weighted by Gasteiger charge is 2.17. The molecule has 0 aliphatic carbocycles. The fourth-order valence-electron chi connectivity index (χ4n) is 2.49. The third-order valence-corrected chi connectivity index (χ3v) is 5.90. The van der Waals surface area contributed by atoms with Gasteiger partial charge in [0.05, 0.1) is 23.3 Å². The van der Waals surface area contributed by atoms with Crippen LogP contribution in [0.5, 0.6) is 5.75 Å². The Morgan fingerprint density at radius 1 is 1.28 bits per heavy atom. The second-order valence-corrected chi connectivity index (χ2v) is 7.99. The largest absolute Gasteiger partial charge is 0.496 e. The number of halogens is 1. The monoisotopic (exact) mass is 451 g/mol. The summed E-state index contributed by atoms with van der Waals surface area (Å²) in [5.74, 6) is 0.279. The van der Waals surface area contributed by atoms with Crippen LogP contribution in [0.2, 0.25) is 5.02 Å². The number of nitrogens with one attached hydrogen (secondary N) is 2. The Kier molecular flexibility index (Phi) is 7.13. The molecule has 0 fully saturated rings. The Bertz CT molecular complexity index is 1010. The average Bonchev–Trinajstić information content (AvgIpc) is 3.39. The van der Waals surface area contributed by atoms with Gasteiger partial charge in [0.1, 0.15) is 5.75 Å². The van der Waals surface area contributed by atoms with E-state index in [9.17, 15) is 9.59 Å². The van der Waals surface area contributed by atoms with E-state index in [-0.39, 0.29) is 17.2 Å². The van der Waals surface area contributed by atoms with Crippen molar-refractivity contribution in [1.82, 2.24) is 25.6 Å². The molecule has 3 aromatic rings. The second kappa shape index (κ2) is 9.77. The van der Waals surface area contributed by atoms with Crippen LogP contribution in [0, 0.1) is 0 Å². The molecule has 29 heavy (non-hydrogen) atoms. The van der Waals surface area contributed by atoms with Crippen molar-refractivity contribution in [2.45, 2.75) is 18.6 Å². The molecule has 2 heterocycles. The van der Waals surface area contributed by atoms with E-state index in [1.54, 1.807) is 23.5 Å². The van der Waals surface area contributed by atoms with E-state index in [4.69, 9.17) is 16.3 Å². The summed E-state index contributed by atoms with van der Waals surface area (Å²) in [6.45, 7) is 2.67. The minimum atomic E-state index is -0.528. The van der Waals surface area contributed by atoms with Crippen LogP contribution in [0.4, 0.5) is 0 Å². The number of amides is 2. The number of benzene rings is 1. The average molecular weight is 452 g/mol. The van der Waals surface area contributed by atoms with Crippen molar-refractivity contribution >= 4 is 46.5 Å². The third-order valence-electron chi connectivity index (χ3n) is 3.83. The number of hydrogen-bond acceptors (Lipinski definition) is 7. The molecule has 1 aromatic carbocycles. The number of nitrogens with zero attached hydrogens (tertiary/aromatic N) is 3. The maximum Gasteiger partial charge on any atom is 0.273 e. The molecular weight excluding hydrogens is 434 g/mol. The Morgan fingerprint density at radius 3 is 2.79 bits per heavy atom. The van der Waals surface area contributed by atoms with E-state index in [1.165, 1.54) is 24.9 Å². The van der Waals surface area contributed by atoms with Gasteiger partial charge in [-0.3, -0.25) is 20.4 Å². The Balaban J connectivity index is 1.57. The van der Waals surface area contributed by atoms with Crippen molar-refractivity contribution in [2.24, 2.45) is 0 Å². The van der Waals surface area contributed by atoms with Crippen molar-refractivity contribution in [3.8, 4) is 16.5 Å². The zero-order valence-electron chi connectivity index (χ0n) is 15.6. The Hall–Kier alpha value is -2.56. The highest BCUT2D eigenvalue weighted by atomic mass is 35.5. The molecule has 0 bridgehead atoms. The van der Waals surface area contributed by atoms with E-state index in [1.807, 2.05) is 29.0 Å². The zero-order chi connectivity index (χ0) is 20.8. The van der Waals surface area contributed by atoms with Gasteiger partial charge in [-0.05, 0) is 36.6 Å². The molecule has 2 amide bonds. The number of hydrogen-bond donors (Lipinski definition) is 2. The van der Waals surface area contributed by atoms with Crippen LogP contribution in [0.25, 0.3) is 10.7 Å².